The fourth-order valence-corrected chi connectivity index (χ4v) is 9.26. The van der Waals surface area contributed by atoms with Crippen molar-refractivity contribution in [3.8, 4) is 0 Å². The van der Waals surface area contributed by atoms with Gasteiger partial charge in [0.05, 0.1) is 28.2 Å². The van der Waals surface area contributed by atoms with E-state index in [0.717, 1.165) is 11.1 Å². The molecule has 0 radical (unpaired) electrons. The lowest BCUT2D eigenvalue weighted by Crippen LogP contribution is -2.19. The number of hydrogen-bond donors (Lipinski definition) is 0. The Bertz CT molecular complexity index is 2220. The van der Waals surface area contributed by atoms with Gasteiger partial charge in [0.2, 0.25) is 0 Å². The second-order valence-electron chi connectivity index (χ2n) is 17.5. The van der Waals surface area contributed by atoms with Gasteiger partial charge in [-0.05, 0) is 143 Å². The summed E-state index contributed by atoms with van der Waals surface area (Å²) < 4.78 is 0. The summed E-state index contributed by atoms with van der Waals surface area (Å²) in [5, 5.41) is 0. The molecule has 0 atom stereocenters. The predicted octanol–water partition coefficient (Wildman–Crippen LogP) is 13.5. The summed E-state index contributed by atoms with van der Waals surface area (Å²) in [6, 6.07) is 45.8. The summed E-state index contributed by atoms with van der Waals surface area (Å²) in [6.45, 7) is 23.0. The van der Waals surface area contributed by atoms with Crippen LogP contribution in [0.25, 0.3) is 11.1 Å². The molecule has 2 aliphatic carbocycles. The van der Waals surface area contributed by atoms with Gasteiger partial charge in [-0.1, -0.05) is 120 Å². The summed E-state index contributed by atoms with van der Waals surface area (Å²) >= 11 is 0. The Kier molecular flexibility index (Phi) is 8.32. The van der Waals surface area contributed by atoms with Crippen LogP contribution in [0.15, 0.2) is 127 Å². The molecule has 0 amide bonds. The van der Waals surface area contributed by atoms with E-state index >= 15 is 0 Å². The molecule has 0 heteroatoms. The molecule has 0 bridgehead atoms. The van der Waals surface area contributed by atoms with Crippen LogP contribution >= 0.6 is 0 Å². The maximum absolute atomic E-state index is 4.16. The minimum Gasteiger partial charge on any atom is -0.0901 e. The van der Waals surface area contributed by atoms with Crippen molar-refractivity contribution in [1.29, 1.82) is 0 Å². The minimum absolute atomic E-state index is 0.0848. The molecule has 6 aromatic rings. The van der Waals surface area contributed by atoms with Crippen molar-refractivity contribution in [3.63, 3.8) is 0 Å². The van der Waals surface area contributed by atoms with Crippen LogP contribution < -0.4 is 0 Å². The highest BCUT2D eigenvalue weighted by molar-refractivity contribution is 5.97. The number of hydrogen-bond acceptors (Lipinski definition) is 0. The second kappa shape index (κ2) is 12.7. The fraction of sp³-hybridized carbons (Fsp3) is 0.245. The molecule has 0 N–H and O–H groups in total. The average molecular weight is 688 g/mol. The van der Waals surface area contributed by atoms with Crippen molar-refractivity contribution in [1.82, 2.24) is 0 Å². The SMILES string of the molecule is Cc1cc(C(C)(C)C)c(C)cc1[C+]1c2ccccc2C(=C=C2c3ccccc3C(c3cc(C)c(C(C)(C)C)cc3C)c3ccccc32)c2ccccc21. The van der Waals surface area contributed by atoms with Gasteiger partial charge in [0, 0.05) is 28.2 Å². The van der Waals surface area contributed by atoms with Gasteiger partial charge in [0.1, 0.15) is 0 Å². The highest BCUT2D eigenvalue weighted by Crippen LogP contribution is 2.50. The van der Waals surface area contributed by atoms with Crippen LogP contribution in [-0.2, 0) is 10.8 Å². The van der Waals surface area contributed by atoms with E-state index in [0.29, 0.717) is 0 Å². The standard InChI is InChI=1S/C53H51/c1-32-29-48(52(5,6)7)34(3)27-44(32)50-40-23-15-11-19-36(40)46(37-20-12-16-24-41(37)50)31-47-38-21-13-17-25-42(38)51(43-26-18-14-22-39(43)47)45-28-35(4)49(30-33(45)2)53(8,9)10/h11-30,50H,1-10H3/q+1. The van der Waals surface area contributed by atoms with Gasteiger partial charge >= 0.3 is 0 Å². The molecular formula is C53H51+. The second-order valence-corrected chi connectivity index (χ2v) is 17.5. The summed E-state index contributed by atoms with van der Waals surface area (Å²) in [5.74, 6) is 1.45. The van der Waals surface area contributed by atoms with Gasteiger partial charge in [-0.25, -0.2) is 0 Å². The third kappa shape index (κ3) is 5.82. The molecule has 0 saturated heterocycles. The maximum Gasteiger partial charge on any atom is 0.0808 e. The van der Waals surface area contributed by atoms with Gasteiger partial charge in [-0.15, -0.1) is 0 Å². The summed E-state index contributed by atoms with van der Waals surface area (Å²) in [5.41, 5.74) is 27.7. The first kappa shape index (κ1) is 34.8. The Morgan fingerprint density at radius 1 is 0.415 bits per heavy atom. The van der Waals surface area contributed by atoms with Crippen molar-refractivity contribution < 1.29 is 0 Å². The smallest absolute Gasteiger partial charge is 0.0808 e. The monoisotopic (exact) mass is 687 g/mol. The van der Waals surface area contributed by atoms with Crippen LogP contribution in [0.3, 0.4) is 0 Å². The van der Waals surface area contributed by atoms with E-state index in [1.54, 1.807) is 0 Å². The van der Waals surface area contributed by atoms with Crippen LogP contribution in [0.2, 0.25) is 0 Å². The molecule has 262 valence electrons. The molecule has 0 fully saturated rings. The molecule has 53 heavy (non-hydrogen) atoms. The van der Waals surface area contributed by atoms with Crippen LogP contribution in [0, 0.1) is 33.6 Å². The first-order chi connectivity index (χ1) is 25.2. The zero-order chi connectivity index (χ0) is 37.4. The Labute approximate surface area is 318 Å². The van der Waals surface area contributed by atoms with Crippen molar-refractivity contribution in [2.24, 2.45) is 0 Å². The summed E-state index contributed by atoms with van der Waals surface area (Å²) in [6.07, 6.45) is 0. The predicted molar refractivity (Wildman–Crippen MR) is 225 cm³/mol. The average Bonchev–Trinajstić information content (AvgIpc) is 3.12. The Morgan fingerprint density at radius 2 is 0.830 bits per heavy atom. The van der Waals surface area contributed by atoms with Gasteiger partial charge in [-0.3, -0.25) is 0 Å². The van der Waals surface area contributed by atoms with Crippen molar-refractivity contribution in [2.45, 2.75) is 86.0 Å². The largest absolute Gasteiger partial charge is 0.0901 e. The van der Waals surface area contributed by atoms with Crippen molar-refractivity contribution in [3.05, 3.63) is 222 Å². The van der Waals surface area contributed by atoms with E-state index in [2.05, 4.69) is 196 Å². The topological polar surface area (TPSA) is 0 Å². The van der Waals surface area contributed by atoms with Gasteiger partial charge < -0.3 is 0 Å². The molecule has 0 unspecified atom stereocenters. The van der Waals surface area contributed by atoms with E-state index in [1.807, 2.05) is 0 Å². The Hall–Kier alpha value is -5.29. The molecule has 0 heterocycles. The number of rotatable bonds is 2. The van der Waals surface area contributed by atoms with Crippen LogP contribution in [-0.4, -0.2) is 0 Å². The summed E-state index contributed by atoms with van der Waals surface area (Å²) in [7, 11) is 0. The van der Waals surface area contributed by atoms with Gasteiger partial charge in [0.15, 0.2) is 0 Å². The van der Waals surface area contributed by atoms with Crippen molar-refractivity contribution >= 4 is 11.1 Å². The molecule has 0 nitrogen and oxygen atoms in total. The molecule has 0 spiro atoms. The quantitative estimate of drug-likeness (QED) is 0.125. The number of benzene rings is 6. The van der Waals surface area contributed by atoms with E-state index in [4.69, 9.17) is 0 Å². The molecule has 6 aromatic carbocycles. The lowest BCUT2D eigenvalue weighted by Gasteiger charge is -2.32. The van der Waals surface area contributed by atoms with Crippen LogP contribution in [0.5, 0.6) is 0 Å². The lowest BCUT2D eigenvalue weighted by atomic mass is 9.69. The van der Waals surface area contributed by atoms with Crippen LogP contribution in [0.1, 0.15) is 136 Å². The van der Waals surface area contributed by atoms with E-state index in [1.165, 1.54) is 94.9 Å². The third-order valence-corrected chi connectivity index (χ3v) is 11.6. The highest BCUT2D eigenvalue weighted by atomic mass is 14.4. The molecule has 0 aromatic heterocycles. The summed E-state index contributed by atoms with van der Waals surface area (Å²) in [4.78, 5) is 0. The normalized spacial score (nSPS) is 15.0. The maximum atomic E-state index is 4.16. The van der Waals surface area contributed by atoms with Crippen LogP contribution in [0.4, 0.5) is 0 Å². The Balaban J connectivity index is 1.39. The third-order valence-electron chi connectivity index (χ3n) is 11.6. The first-order valence-electron chi connectivity index (χ1n) is 19.2. The first-order valence-corrected chi connectivity index (χ1v) is 19.2. The molecular weight excluding hydrogens is 637 g/mol. The highest BCUT2D eigenvalue weighted by Gasteiger charge is 2.38. The molecule has 0 aliphatic heterocycles. The van der Waals surface area contributed by atoms with Gasteiger partial charge in [0.25, 0.3) is 0 Å². The van der Waals surface area contributed by atoms with E-state index in [-0.39, 0.29) is 16.7 Å². The molecule has 8 rings (SSSR count). The van der Waals surface area contributed by atoms with Crippen molar-refractivity contribution in [2.75, 3.05) is 0 Å². The number of fused-ring (bicyclic) bond motifs is 4. The fourth-order valence-electron chi connectivity index (χ4n) is 9.26. The zero-order valence-electron chi connectivity index (χ0n) is 33.1. The van der Waals surface area contributed by atoms with E-state index < -0.39 is 0 Å². The zero-order valence-corrected chi connectivity index (χ0v) is 33.1. The Morgan fingerprint density at radius 3 is 1.34 bits per heavy atom. The number of aryl methyl sites for hydroxylation is 4. The molecule has 2 aliphatic rings. The lowest BCUT2D eigenvalue weighted by molar-refractivity contribution is 0.585. The minimum atomic E-state index is 0.0848. The van der Waals surface area contributed by atoms with Gasteiger partial charge in [-0.2, -0.15) is 0 Å². The van der Waals surface area contributed by atoms with E-state index in [9.17, 15) is 0 Å². The molecule has 0 saturated carbocycles.